The van der Waals surface area contributed by atoms with Crippen molar-refractivity contribution in [3.05, 3.63) is 11.1 Å². The highest BCUT2D eigenvalue weighted by atomic mass is 16.5. The summed E-state index contributed by atoms with van der Waals surface area (Å²) in [5.74, 6) is 0.834. The van der Waals surface area contributed by atoms with E-state index < -0.39 is 0 Å². The fourth-order valence-corrected chi connectivity index (χ4v) is 3.50. The van der Waals surface area contributed by atoms with Gasteiger partial charge in [-0.25, -0.2) is 0 Å². The summed E-state index contributed by atoms with van der Waals surface area (Å²) >= 11 is 0. The van der Waals surface area contributed by atoms with Crippen LogP contribution in [0.15, 0.2) is 11.1 Å². The van der Waals surface area contributed by atoms with Crippen LogP contribution in [0.25, 0.3) is 0 Å². The first-order chi connectivity index (χ1) is 8.52. The molecule has 104 valence electrons. The quantitative estimate of drug-likeness (QED) is 0.670. The van der Waals surface area contributed by atoms with Crippen LogP contribution in [-0.4, -0.2) is 37.2 Å². The van der Waals surface area contributed by atoms with E-state index in [2.05, 4.69) is 39.5 Å². The van der Waals surface area contributed by atoms with E-state index in [1.807, 2.05) is 0 Å². The molecule has 2 rings (SSSR count). The number of rotatable bonds is 6. The maximum absolute atomic E-state index is 6.20. The zero-order valence-electron chi connectivity index (χ0n) is 12.8. The summed E-state index contributed by atoms with van der Waals surface area (Å²) in [6.45, 7) is 15.6. The molecule has 0 unspecified atom stereocenters. The molecule has 18 heavy (non-hydrogen) atoms. The number of ether oxygens (including phenoxy) is 1. The average molecular weight is 251 g/mol. The summed E-state index contributed by atoms with van der Waals surface area (Å²) in [6, 6.07) is 0. The van der Waals surface area contributed by atoms with E-state index in [-0.39, 0.29) is 0 Å². The molecule has 2 aliphatic rings. The van der Waals surface area contributed by atoms with Gasteiger partial charge in [0.1, 0.15) is 0 Å². The van der Waals surface area contributed by atoms with Gasteiger partial charge in [0.2, 0.25) is 0 Å². The van der Waals surface area contributed by atoms with Crippen LogP contribution in [0.2, 0.25) is 0 Å². The highest BCUT2D eigenvalue weighted by molar-refractivity contribution is 5.33. The lowest BCUT2D eigenvalue weighted by molar-refractivity contribution is 0.00676. The second-order valence-electron chi connectivity index (χ2n) is 6.38. The molecule has 0 spiro atoms. The largest absolute Gasteiger partial charge is 0.376 e. The predicted octanol–water partition coefficient (Wildman–Crippen LogP) is 3.48. The summed E-state index contributed by atoms with van der Waals surface area (Å²) in [5, 5.41) is 0. The first-order valence-corrected chi connectivity index (χ1v) is 7.53. The van der Waals surface area contributed by atoms with Crippen molar-refractivity contribution in [1.29, 1.82) is 0 Å². The van der Waals surface area contributed by atoms with Crippen molar-refractivity contribution >= 4 is 0 Å². The zero-order chi connectivity index (χ0) is 13.3. The Morgan fingerprint density at radius 2 is 2.00 bits per heavy atom. The number of hydrogen-bond acceptors (Lipinski definition) is 2. The smallest absolute Gasteiger partial charge is 0.0672 e. The SMILES string of the molecule is CCN(CC)CCO[C@@H]1CC(=C(C)C)[C@H]2C[C@@]21C. The van der Waals surface area contributed by atoms with Crippen LogP contribution < -0.4 is 0 Å². The van der Waals surface area contributed by atoms with Gasteiger partial charge < -0.3 is 9.64 Å². The molecule has 2 saturated carbocycles. The van der Waals surface area contributed by atoms with E-state index >= 15 is 0 Å². The van der Waals surface area contributed by atoms with Crippen molar-refractivity contribution in [2.75, 3.05) is 26.2 Å². The normalized spacial score (nSPS) is 34.0. The summed E-state index contributed by atoms with van der Waals surface area (Å²) in [5.41, 5.74) is 3.68. The van der Waals surface area contributed by atoms with Crippen molar-refractivity contribution in [2.24, 2.45) is 11.3 Å². The molecule has 0 aromatic carbocycles. The molecule has 0 bridgehead atoms. The molecule has 0 aliphatic heterocycles. The van der Waals surface area contributed by atoms with Gasteiger partial charge in [-0.1, -0.05) is 31.9 Å². The molecule has 0 aromatic heterocycles. The third-order valence-corrected chi connectivity index (χ3v) is 5.10. The molecule has 2 heteroatoms. The maximum atomic E-state index is 6.20. The van der Waals surface area contributed by atoms with Gasteiger partial charge in [-0.3, -0.25) is 0 Å². The Morgan fingerprint density at radius 1 is 1.33 bits per heavy atom. The highest BCUT2D eigenvalue weighted by Crippen LogP contribution is 2.66. The third-order valence-electron chi connectivity index (χ3n) is 5.10. The lowest BCUT2D eigenvalue weighted by Crippen LogP contribution is -2.30. The fraction of sp³-hybridized carbons (Fsp3) is 0.875. The monoisotopic (exact) mass is 251 g/mol. The van der Waals surface area contributed by atoms with Crippen LogP contribution >= 0.6 is 0 Å². The molecular weight excluding hydrogens is 222 g/mol. The Hall–Kier alpha value is -0.340. The molecular formula is C16H29NO. The van der Waals surface area contributed by atoms with Crippen LogP contribution in [0.3, 0.4) is 0 Å². The number of allylic oxidation sites excluding steroid dienone is 1. The van der Waals surface area contributed by atoms with Crippen LogP contribution in [0.4, 0.5) is 0 Å². The van der Waals surface area contributed by atoms with Crippen molar-refractivity contribution in [3.8, 4) is 0 Å². The van der Waals surface area contributed by atoms with Crippen molar-refractivity contribution in [1.82, 2.24) is 4.90 Å². The maximum Gasteiger partial charge on any atom is 0.0672 e. The molecule has 2 fully saturated rings. The third kappa shape index (κ3) is 2.50. The van der Waals surface area contributed by atoms with E-state index in [4.69, 9.17) is 4.74 Å². The van der Waals surface area contributed by atoms with Gasteiger partial charge in [0, 0.05) is 12.0 Å². The molecule has 2 aliphatic carbocycles. The molecule has 2 nitrogen and oxygen atoms in total. The number of nitrogens with zero attached hydrogens (tertiary/aromatic N) is 1. The Morgan fingerprint density at radius 3 is 2.50 bits per heavy atom. The van der Waals surface area contributed by atoms with Gasteiger partial charge in [0.25, 0.3) is 0 Å². The number of hydrogen-bond donors (Lipinski definition) is 0. The zero-order valence-corrected chi connectivity index (χ0v) is 12.8. The van der Waals surface area contributed by atoms with Crippen LogP contribution in [-0.2, 0) is 4.74 Å². The van der Waals surface area contributed by atoms with Gasteiger partial charge >= 0.3 is 0 Å². The van der Waals surface area contributed by atoms with E-state index in [0.29, 0.717) is 11.5 Å². The van der Waals surface area contributed by atoms with Crippen LogP contribution in [0.5, 0.6) is 0 Å². The van der Waals surface area contributed by atoms with E-state index in [9.17, 15) is 0 Å². The molecule has 0 saturated heterocycles. The minimum atomic E-state index is 0.468. The van der Waals surface area contributed by atoms with Crippen LogP contribution in [0.1, 0.15) is 47.5 Å². The first kappa shape index (κ1) is 14.1. The average Bonchev–Trinajstić information content (AvgIpc) is 2.93. The predicted molar refractivity (Wildman–Crippen MR) is 76.7 cm³/mol. The Bertz CT molecular complexity index is 328. The number of fused-ring (bicyclic) bond motifs is 1. The fourth-order valence-electron chi connectivity index (χ4n) is 3.50. The lowest BCUT2D eigenvalue weighted by Gasteiger charge is -2.23. The summed E-state index contributed by atoms with van der Waals surface area (Å²) in [4.78, 5) is 2.43. The Balaban J connectivity index is 1.83. The highest BCUT2D eigenvalue weighted by Gasteiger charge is 2.62. The van der Waals surface area contributed by atoms with E-state index in [1.54, 1.807) is 5.57 Å². The van der Waals surface area contributed by atoms with Gasteiger partial charge in [-0.15, -0.1) is 0 Å². The second kappa shape index (κ2) is 5.34. The van der Waals surface area contributed by atoms with E-state index in [1.165, 1.54) is 18.4 Å². The van der Waals surface area contributed by atoms with Crippen LogP contribution in [0, 0.1) is 11.3 Å². The molecule has 0 radical (unpaired) electrons. The number of likely N-dealkylation sites (N-methyl/N-ethyl adjacent to an activating group) is 1. The molecule has 0 amide bonds. The second-order valence-corrected chi connectivity index (χ2v) is 6.38. The van der Waals surface area contributed by atoms with Crippen molar-refractivity contribution in [2.45, 2.75) is 53.6 Å². The summed E-state index contributed by atoms with van der Waals surface area (Å²) in [7, 11) is 0. The summed E-state index contributed by atoms with van der Waals surface area (Å²) < 4.78 is 6.20. The topological polar surface area (TPSA) is 12.5 Å². The Kier molecular flexibility index (Phi) is 4.18. The molecule has 0 N–H and O–H groups in total. The standard InChI is InChI=1S/C16H29NO/c1-6-17(7-2)8-9-18-15-10-13(12(3)4)14-11-16(14,15)5/h14-15H,6-11H2,1-5H3/t14-,15-,16+/m1/s1. The Labute approximate surface area is 112 Å². The van der Waals surface area contributed by atoms with Gasteiger partial charge in [-0.2, -0.15) is 0 Å². The lowest BCUT2D eigenvalue weighted by atomic mass is 10.0. The van der Waals surface area contributed by atoms with Gasteiger partial charge in [0.05, 0.1) is 12.7 Å². The molecule has 0 heterocycles. The molecule has 3 atom stereocenters. The summed E-state index contributed by atoms with van der Waals surface area (Å²) in [6.07, 6.45) is 3.01. The minimum Gasteiger partial charge on any atom is -0.376 e. The minimum absolute atomic E-state index is 0.468. The van der Waals surface area contributed by atoms with Gasteiger partial charge in [-0.05, 0) is 45.7 Å². The first-order valence-electron chi connectivity index (χ1n) is 7.53. The van der Waals surface area contributed by atoms with E-state index in [0.717, 1.165) is 32.2 Å². The molecule has 0 aromatic rings. The van der Waals surface area contributed by atoms with Gasteiger partial charge in [0.15, 0.2) is 0 Å². The van der Waals surface area contributed by atoms with Crippen molar-refractivity contribution in [3.63, 3.8) is 0 Å². The van der Waals surface area contributed by atoms with Crippen molar-refractivity contribution < 1.29 is 4.74 Å².